The Bertz CT molecular complexity index is 628. The van der Waals surface area contributed by atoms with Gasteiger partial charge in [0, 0.05) is 13.0 Å². The predicted molar refractivity (Wildman–Crippen MR) is 62.8 cm³/mol. The monoisotopic (exact) mass is 264 g/mol. The molecule has 2 rings (SSSR count). The Balaban J connectivity index is 2.32. The van der Waals surface area contributed by atoms with E-state index in [-0.39, 0.29) is 17.2 Å². The first-order valence-electron chi connectivity index (χ1n) is 5.46. The quantitative estimate of drug-likeness (QED) is 0.773. The second kappa shape index (κ2) is 4.92. The molecular weight excluding hydrogens is 252 g/mol. The van der Waals surface area contributed by atoms with Crippen molar-refractivity contribution in [2.75, 3.05) is 0 Å². The lowest BCUT2D eigenvalue weighted by Gasteiger charge is -2.04. The number of hydrogen-bond donors (Lipinski definition) is 2. The molecule has 19 heavy (non-hydrogen) atoms. The van der Waals surface area contributed by atoms with Crippen LogP contribution in [-0.4, -0.2) is 22.1 Å². The molecule has 2 aromatic rings. The fraction of sp³-hybridized carbons (Fsp3) is 0.273. The van der Waals surface area contributed by atoms with Crippen LogP contribution in [0.15, 0.2) is 15.1 Å². The third-order valence-electron chi connectivity index (χ3n) is 2.30. The van der Waals surface area contributed by atoms with Crippen LogP contribution in [0.25, 0.3) is 11.5 Å². The normalized spacial score (nSPS) is 10.3. The summed E-state index contributed by atoms with van der Waals surface area (Å²) < 4.78 is 10.00. The third kappa shape index (κ3) is 2.62. The summed E-state index contributed by atoms with van der Waals surface area (Å²) in [5, 5.41) is 7.48. The first kappa shape index (κ1) is 12.8. The Morgan fingerprint density at radius 2 is 1.89 bits per heavy atom. The number of hydrazine groups is 1. The molecule has 2 heterocycles. The van der Waals surface area contributed by atoms with Gasteiger partial charge in [-0.3, -0.25) is 20.4 Å². The van der Waals surface area contributed by atoms with E-state index in [0.717, 1.165) is 0 Å². The molecule has 8 heteroatoms. The smallest absolute Gasteiger partial charge is 0.275 e. The van der Waals surface area contributed by atoms with Crippen LogP contribution in [0, 0.1) is 13.8 Å². The number of amides is 2. The highest BCUT2D eigenvalue weighted by Crippen LogP contribution is 2.25. The van der Waals surface area contributed by atoms with Gasteiger partial charge in [0.1, 0.15) is 11.3 Å². The minimum Gasteiger partial charge on any atom is -0.361 e. The van der Waals surface area contributed by atoms with Gasteiger partial charge >= 0.3 is 0 Å². The summed E-state index contributed by atoms with van der Waals surface area (Å²) in [7, 11) is 0. The van der Waals surface area contributed by atoms with Crippen molar-refractivity contribution in [2.45, 2.75) is 20.8 Å². The topological polar surface area (TPSA) is 110 Å². The first-order chi connectivity index (χ1) is 8.99. The van der Waals surface area contributed by atoms with E-state index < -0.39 is 5.91 Å². The van der Waals surface area contributed by atoms with Crippen LogP contribution >= 0.6 is 0 Å². The molecule has 0 atom stereocenters. The van der Waals surface area contributed by atoms with Gasteiger partial charge in [-0.2, -0.15) is 0 Å². The van der Waals surface area contributed by atoms with Crippen LogP contribution < -0.4 is 10.9 Å². The molecule has 0 spiro atoms. The minimum absolute atomic E-state index is 0.192. The summed E-state index contributed by atoms with van der Waals surface area (Å²) in [6.07, 6.45) is 0. The molecule has 0 saturated heterocycles. The number of nitrogens with zero attached hydrogens (tertiary/aromatic N) is 2. The van der Waals surface area contributed by atoms with E-state index in [0.29, 0.717) is 17.1 Å². The zero-order valence-electron chi connectivity index (χ0n) is 10.6. The Morgan fingerprint density at radius 1 is 1.16 bits per heavy atom. The molecule has 0 aliphatic rings. The van der Waals surface area contributed by atoms with Crippen LogP contribution in [-0.2, 0) is 4.79 Å². The fourth-order valence-corrected chi connectivity index (χ4v) is 1.49. The lowest BCUT2D eigenvalue weighted by molar-refractivity contribution is -0.119. The molecule has 2 N–H and O–H groups in total. The largest absolute Gasteiger partial charge is 0.361 e. The molecule has 0 radical (unpaired) electrons. The Kier molecular flexibility index (Phi) is 3.32. The number of carbonyl (C=O) groups excluding carboxylic acids is 2. The molecule has 0 aromatic carbocycles. The number of aryl methyl sites for hydroxylation is 2. The summed E-state index contributed by atoms with van der Waals surface area (Å²) in [5.74, 6) is -0.152. The molecule has 0 unspecified atom stereocenters. The maximum Gasteiger partial charge on any atom is 0.275 e. The van der Waals surface area contributed by atoms with Gasteiger partial charge in [-0.15, -0.1) is 0 Å². The first-order valence-corrected chi connectivity index (χ1v) is 5.46. The fourth-order valence-electron chi connectivity index (χ4n) is 1.49. The van der Waals surface area contributed by atoms with Gasteiger partial charge in [0.15, 0.2) is 5.69 Å². The molecule has 0 saturated carbocycles. The van der Waals surface area contributed by atoms with Gasteiger partial charge in [0.05, 0.1) is 5.69 Å². The second-order valence-electron chi connectivity index (χ2n) is 3.93. The average Bonchev–Trinajstić information content (AvgIpc) is 2.92. The van der Waals surface area contributed by atoms with Crippen molar-refractivity contribution < 1.29 is 18.6 Å². The van der Waals surface area contributed by atoms with Gasteiger partial charge in [0.25, 0.3) is 5.91 Å². The molecule has 100 valence electrons. The minimum atomic E-state index is -0.537. The van der Waals surface area contributed by atoms with Gasteiger partial charge in [-0.05, 0) is 13.8 Å². The van der Waals surface area contributed by atoms with Crippen LogP contribution in [0.3, 0.4) is 0 Å². The zero-order valence-corrected chi connectivity index (χ0v) is 10.6. The van der Waals surface area contributed by atoms with E-state index in [1.807, 2.05) is 0 Å². The van der Waals surface area contributed by atoms with Crippen molar-refractivity contribution >= 4 is 11.8 Å². The molecule has 2 aromatic heterocycles. The van der Waals surface area contributed by atoms with Crippen molar-refractivity contribution in [1.29, 1.82) is 0 Å². The molecule has 0 fully saturated rings. The van der Waals surface area contributed by atoms with Crippen molar-refractivity contribution in [3.63, 3.8) is 0 Å². The van der Waals surface area contributed by atoms with Crippen LogP contribution in [0.4, 0.5) is 0 Å². The summed E-state index contributed by atoms with van der Waals surface area (Å²) in [4.78, 5) is 22.7. The Morgan fingerprint density at radius 3 is 2.47 bits per heavy atom. The van der Waals surface area contributed by atoms with Crippen molar-refractivity contribution in [2.24, 2.45) is 0 Å². The van der Waals surface area contributed by atoms with Crippen LogP contribution in [0.1, 0.15) is 28.7 Å². The van der Waals surface area contributed by atoms with E-state index in [1.165, 1.54) is 6.92 Å². The standard InChI is InChI=1S/C11H12N4O4/c1-5-4-8(15-18-5)10-9(6(2)14-19-10)11(17)13-12-7(3)16/h4H,1-3H3,(H,12,16)(H,13,17). The van der Waals surface area contributed by atoms with Crippen molar-refractivity contribution in [3.05, 3.63) is 23.1 Å². The highest BCUT2D eigenvalue weighted by Gasteiger charge is 2.24. The summed E-state index contributed by atoms with van der Waals surface area (Å²) in [6.45, 7) is 4.61. The summed E-state index contributed by atoms with van der Waals surface area (Å²) in [5.41, 5.74) is 5.39. The molecular formula is C11H12N4O4. The number of rotatable bonds is 2. The SMILES string of the molecule is CC(=O)NNC(=O)c1c(C)noc1-c1cc(C)on1. The highest BCUT2D eigenvalue weighted by atomic mass is 16.5. The Hall–Kier alpha value is -2.64. The van der Waals surface area contributed by atoms with E-state index in [2.05, 4.69) is 21.2 Å². The average molecular weight is 264 g/mol. The van der Waals surface area contributed by atoms with Gasteiger partial charge in [-0.25, -0.2) is 0 Å². The van der Waals surface area contributed by atoms with Crippen molar-refractivity contribution in [3.8, 4) is 11.5 Å². The van der Waals surface area contributed by atoms with E-state index in [4.69, 9.17) is 9.05 Å². The zero-order chi connectivity index (χ0) is 14.0. The highest BCUT2D eigenvalue weighted by molar-refractivity contribution is 6.00. The number of aromatic nitrogens is 2. The Labute approximate surface area is 108 Å². The molecule has 0 aliphatic heterocycles. The van der Waals surface area contributed by atoms with Gasteiger partial charge < -0.3 is 9.05 Å². The number of carbonyl (C=O) groups is 2. The van der Waals surface area contributed by atoms with Crippen LogP contribution in [0.5, 0.6) is 0 Å². The second-order valence-corrected chi connectivity index (χ2v) is 3.93. The lowest BCUT2D eigenvalue weighted by atomic mass is 10.1. The van der Waals surface area contributed by atoms with E-state index >= 15 is 0 Å². The maximum atomic E-state index is 11.9. The van der Waals surface area contributed by atoms with Gasteiger partial charge in [-0.1, -0.05) is 10.3 Å². The lowest BCUT2D eigenvalue weighted by Crippen LogP contribution is -2.40. The number of hydrogen-bond acceptors (Lipinski definition) is 6. The predicted octanol–water partition coefficient (Wildman–Crippen LogP) is 0.727. The molecule has 8 nitrogen and oxygen atoms in total. The van der Waals surface area contributed by atoms with E-state index in [1.54, 1.807) is 19.9 Å². The molecule has 0 bridgehead atoms. The number of nitrogens with one attached hydrogen (secondary N) is 2. The van der Waals surface area contributed by atoms with E-state index in [9.17, 15) is 9.59 Å². The third-order valence-corrected chi connectivity index (χ3v) is 2.30. The van der Waals surface area contributed by atoms with Crippen molar-refractivity contribution in [1.82, 2.24) is 21.2 Å². The summed E-state index contributed by atoms with van der Waals surface area (Å²) >= 11 is 0. The molecule has 2 amide bonds. The molecule has 0 aliphatic carbocycles. The van der Waals surface area contributed by atoms with Gasteiger partial charge in [0.2, 0.25) is 11.7 Å². The van der Waals surface area contributed by atoms with Crippen LogP contribution in [0.2, 0.25) is 0 Å². The summed E-state index contributed by atoms with van der Waals surface area (Å²) in [6, 6.07) is 1.62. The maximum absolute atomic E-state index is 11.9.